The number of carbonyl (C=O) groups excluding carboxylic acids is 2. The maximum Gasteiger partial charge on any atom is 0.280 e. The van der Waals surface area contributed by atoms with Crippen molar-refractivity contribution in [2.24, 2.45) is 0 Å². The number of hydrogen-bond acceptors (Lipinski definition) is 6. The molecular weight excluding hydrogens is 422 g/mol. The first-order valence-electron chi connectivity index (χ1n) is 10.9. The zero-order valence-corrected chi connectivity index (χ0v) is 19.1. The Labute approximate surface area is 192 Å². The molecule has 0 spiro atoms. The molecule has 0 unspecified atom stereocenters. The molecule has 4 rings (SSSR count). The zero-order chi connectivity index (χ0) is 22.5. The molecular formula is C24H27N5O2S. The summed E-state index contributed by atoms with van der Waals surface area (Å²) in [6.07, 6.45) is 8.63. The standard InChI is InChI=1S/C24H27N5O2S/c1-16-11-17(2)13-20(12-16)29(24(31)21-15-32-28-27-21)22(18-7-6-10-25-14-18)23(30)26-19-8-4-3-5-9-19/h6-7,10-15,19,22H,3-5,8-9H2,1-2H3,(H,26,30)/t22-/m0/s1. The fraction of sp³-hybridized carbons (Fsp3) is 0.375. The van der Waals surface area contributed by atoms with Gasteiger partial charge in [0.15, 0.2) is 5.69 Å². The third-order valence-electron chi connectivity index (χ3n) is 5.74. The summed E-state index contributed by atoms with van der Waals surface area (Å²) < 4.78 is 3.86. The van der Waals surface area contributed by atoms with E-state index >= 15 is 0 Å². The van der Waals surface area contributed by atoms with Crippen molar-refractivity contribution >= 4 is 29.0 Å². The Morgan fingerprint density at radius 1 is 1.12 bits per heavy atom. The van der Waals surface area contributed by atoms with Crippen LogP contribution in [0.3, 0.4) is 0 Å². The first-order chi connectivity index (χ1) is 15.5. The number of hydrogen-bond donors (Lipinski definition) is 1. The normalized spacial score (nSPS) is 15.2. The number of aromatic nitrogens is 3. The number of nitrogens with zero attached hydrogens (tertiary/aromatic N) is 4. The highest BCUT2D eigenvalue weighted by Gasteiger charge is 2.35. The number of carbonyl (C=O) groups is 2. The predicted octanol–water partition coefficient (Wildman–Crippen LogP) is 4.39. The van der Waals surface area contributed by atoms with E-state index in [2.05, 4.69) is 19.9 Å². The molecule has 1 aromatic carbocycles. The molecule has 1 saturated carbocycles. The van der Waals surface area contributed by atoms with Gasteiger partial charge in [0.05, 0.1) is 0 Å². The largest absolute Gasteiger partial charge is 0.351 e. The summed E-state index contributed by atoms with van der Waals surface area (Å²) in [6, 6.07) is 8.74. The summed E-state index contributed by atoms with van der Waals surface area (Å²) in [7, 11) is 0. The van der Waals surface area contributed by atoms with Crippen molar-refractivity contribution in [2.75, 3.05) is 4.90 Å². The van der Waals surface area contributed by atoms with E-state index in [1.807, 2.05) is 38.1 Å². The first-order valence-corrected chi connectivity index (χ1v) is 11.8. The highest BCUT2D eigenvalue weighted by molar-refractivity contribution is 7.03. The summed E-state index contributed by atoms with van der Waals surface area (Å²) in [6.45, 7) is 3.95. The van der Waals surface area contributed by atoms with Crippen molar-refractivity contribution < 1.29 is 9.59 Å². The van der Waals surface area contributed by atoms with E-state index < -0.39 is 6.04 Å². The third kappa shape index (κ3) is 5.02. The molecule has 166 valence electrons. The van der Waals surface area contributed by atoms with Crippen molar-refractivity contribution in [3.8, 4) is 0 Å². The Morgan fingerprint density at radius 3 is 2.50 bits per heavy atom. The molecule has 7 nitrogen and oxygen atoms in total. The molecule has 1 aliphatic carbocycles. The molecule has 0 radical (unpaired) electrons. The van der Waals surface area contributed by atoms with Crippen LogP contribution in [0.4, 0.5) is 5.69 Å². The topological polar surface area (TPSA) is 88.1 Å². The van der Waals surface area contributed by atoms with Crippen molar-refractivity contribution in [2.45, 2.75) is 58.0 Å². The summed E-state index contributed by atoms with van der Waals surface area (Å²) in [4.78, 5) is 33.1. The summed E-state index contributed by atoms with van der Waals surface area (Å²) in [5.74, 6) is -0.572. The van der Waals surface area contributed by atoms with E-state index in [0.717, 1.165) is 48.3 Å². The zero-order valence-electron chi connectivity index (χ0n) is 18.3. The number of nitrogens with one attached hydrogen (secondary N) is 1. The van der Waals surface area contributed by atoms with Gasteiger partial charge in [-0.05, 0) is 67.5 Å². The lowest BCUT2D eigenvalue weighted by Crippen LogP contribution is -2.47. The van der Waals surface area contributed by atoms with Crippen LogP contribution in [-0.2, 0) is 4.79 Å². The number of aryl methyl sites for hydroxylation is 2. The van der Waals surface area contributed by atoms with Crippen LogP contribution in [0.15, 0.2) is 48.1 Å². The van der Waals surface area contributed by atoms with E-state index in [1.54, 1.807) is 23.8 Å². The lowest BCUT2D eigenvalue weighted by atomic mass is 9.94. The minimum absolute atomic E-state index is 0.118. The fourth-order valence-electron chi connectivity index (χ4n) is 4.34. The van der Waals surface area contributed by atoms with Gasteiger partial charge in [-0.1, -0.05) is 35.9 Å². The molecule has 1 atom stereocenters. The second kappa shape index (κ2) is 9.99. The second-order valence-electron chi connectivity index (χ2n) is 8.34. The van der Waals surface area contributed by atoms with E-state index in [-0.39, 0.29) is 23.6 Å². The van der Waals surface area contributed by atoms with Crippen molar-refractivity contribution in [1.82, 2.24) is 19.9 Å². The quantitative estimate of drug-likeness (QED) is 0.603. The molecule has 2 aromatic heterocycles. The Bertz CT molecular complexity index is 1050. The van der Waals surface area contributed by atoms with Crippen molar-refractivity contribution in [3.05, 3.63) is 70.5 Å². The molecule has 2 amide bonds. The molecule has 2 heterocycles. The van der Waals surface area contributed by atoms with Gasteiger partial charge in [0, 0.05) is 35.1 Å². The third-order valence-corrected chi connectivity index (χ3v) is 6.25. The number of rotatable bonds is 6. The monoisotopic (exact) mass is 449 g/mol. The first kappa shape index (κ1) is 22.1. The molecule has 8 heteroatoms. The average molecular weight is 450 g/mol. The van der Waals surface area contributed by atoms with E-state index in [4.69, 9.17) is 0 Å². The van der Waals surface area contributed by atoms with Crippen LogP contribution in [0.2, 0.25) is 0 Å². The van der Waals surface area contributed by atoms with Gasteiger partial charge in [0.1, 0.15) is 6.04 Å². The lowest BCUT2D eigenvalue weighted by molar-refractivity contribution is -0.123. The number of benzene rings is 1. The van der Waals surface area contributed by atoms with Gasteiger partial charge in [0.2, 0.25) is 5.91 Å². The highest BCUT2D eigenvalue weighted by Crippen LogP contribution is 2.31. The van der Waals surface area contributed by atoms with Crippen LogP contribution < -0.4 is 10.2 Å². The molecule has 0 saturated heterocycles. The van der Waals surface area contributed by atoms with E-state index in [1.165, 1.54) is 11.3 Å². The fourth-order valence-corrected chi connectivity index (χ4v) is 4.77. The van der Waals surface area contributed by atoms with Gasteiger partial charge >= 0.3 is 0 Å². The van der Waals surface area contributed by atoms with Crippen LogP contribution in [0.25, 0.3) is 0 Å². The summed E-state index contributed by atoms with van der Waals surface area (Å²) in [5, 5.41) is 8.80. The maximum atomic E-state index is 13.7. The minimum atomic E-state index is -0.874. The predicted molar refractivity (Wildman–Crippen MR) is 125 cm³/mol. The Morgan fingerprint density at radius 2 is 1.88 bits per heavy atom. The number of anilines is 1. The van der Waals surface area contributed by atoms with Gasteiger partial charge < -0.3 is 5.32 Å². The second-order valence-corrected chi connectivity index (χ2v) is 8.95. The molecule has 0 aliphatic heterocycles. The van der Waals surface area contributed by atoms with Gasteiger partial charge in [-0.3, -0.25) is 19.5 Å². The van der Waals surface area contributed by atoms with Gasteiger partial charge in [-0.25, -0.2) is 0 Å². The van der Waals surface area contributed by atoms with Gasteiger partial charge in [0.25, 0.3) is 5.91 Å². The van der Waals surface area contributed by atoms with Crippen molar-refractivity contribution in [1.29, 1.82) is 0 Å². The lowest BCUT2D eigenvalue weighted by Gasteiger charge is -2.33. The highest BCUT2D eigenvalue weighted by atomic mass is 32.1. The molecule has 1 fully saturated rings. The smallest absolute Gasteiger partial charge is 0.280 e. The number of amides is 2. The van der Waals surface area contributed by atoms with Crippen molar-refractivity contribution in [3.63, 3.8) is 0 Å². The minimum Gasteiger partial charge on any atom is -0.351 e. The molecule has 32 heavy (non-hydrogen) atoms. The molecule has 0 bridgehead atoms. The SMILES string of the molecule is Cc1cc(C)cc(N(C(=O)c2csnn2)[C@H](C(=O)NC2CCCCC2)c2cccnc2)c1. The van der Waals surface area contributed by atoms with E-state index in [9.17, 15) is 9.59 Å². The average Bonchev–Trinajstić information content (AvgIpc) is 3.32. The molecule has 1 N–H and O–H groups in total. The van der Waals surface area contributed by atoms with Crippen LogP contribution in [0, 0.1) is 13.8 Å². The maximum absolute atomic E-state index is 13.7. The van der Waals surface area contributed by atoms with Crippen LogP contribution in [-0.4, -0.2) is 32.4 Å². The van der Waals surface area contributed by atoms with Crippen LogP contribution in [0.1, 0.15) is 65.3 Å². The van der Waals surface area contributed by atoms with Gasteiger partial charge in [-0.2, -0.15) is 0 Å². The molecule has 3 aromatic rings. The Balaban J connectivity index is 1.80. The molecule has 1 aliphatic rings. The Kier molecular flexibility index (Phi) is 6.90. The van der Waals surface area contributed by atoms with E-state index in [0.29, 0.717) is 11.3 Å². The number of pyridine rings is 1. The van der Waals surface area contributed by atoms with Crippen LogP contribution in [0.5, 0.6) is 0 Å². The van der Waals surface area contributed by atoms with Crippen LogP contribution >= 0.6 is 11.5 Å². The summed E-state index contributed by atoms with van der Waals surface area (Å²) in [5.41, 5.74) is 3.52. The van der Waals surface area contributed by atoms with Gasteiger partial charge in [-0.15, -0.1) is 5.10 Å². The Hall–Kier alpha value is -3.13. The summed E-state index contributed by atoms with van der Waals surface area (Å²) >= 11 is 1.11.